The molecule has 7 heteroatoms. The van der Waals surface area contributed by atoms with E-state index in [1.807, 2.05) is 24.3 Å². The van der Waals surface area contributed by atoms with Crippen LogP contribution in [0.1, 0.15) is 46.5 Å². The van der Waals surface area contributed by atoms with Crippen molar-refractivity contribution in [2.24, 2.45) is 5.92 Å². The summed E-state index contributed by atoms with van der Waals surface area (Å²) in [7, 11) is -3.26. The Kier molecular flexibility index (Phi) is 5.06. The van der Waals surface area contributed by atoms with E-state index >= 15 is 0 Å². The molecule has 0 bridgehead atoms. The van der Waals surface area contributed by atoms with Crippen LogP contribution in [0.2, 0.25) is 0 Å². The molecule has 25 heavy (non-hydrogen) atoms. The predicted octanol–water partition coefficient (Wildman–Crippen LogP) is 3.52. The number of fused-ring (bicyclic) bond motifs is 1. The Hall–Kier alpha value is -1.60. The standard InChI is InChI=1S/C18H27N3O3S/c1-18(2,3)25(22,23)19-12-13-8-10-14(11-9-13)20-17-21-15-6-4-5-7-16(15)24-17/h4-7,13-14,19H,8-12H2,1-3H3,(H,20,21)/t13-,14-. The summed E-state index contributed by atoms with van der Waals surface area (Å²) in [6, 6.07) is 8.61. The first-order chi connectivity index (χ1) is 11.7. The van der Waals surface area contributed by atoms with Crippen LogP contribution in [0, 0.1) is 5.92 Å². The first-order valence-electron chi connectivity index (χ1n) is 8.86. The highest BCUT2D eigenvalue weighted by molar-refractivity contribution is 7.90. The molecule has 1 fully saturated rings. The van der Waals surface area contributed by atoms with E-state index in [4.69, 9.17) is 4.42 Å². The molecule has 0 unspecified atom stereocenters. The van der Waals surface area contributed by atoms with Gasteiger partial charge in [-0.1, -0.05) is 12.1 Å². The first kappa shape index (κ1) is 18.2. The molecule has 1 saturated carbocycles. The van der Waals surface area contributed by atoms with Crippen molar-refractivity contribution in [3.8, 4) is 0 Å². The number of hydrogen-bond acceptors (Lipinski definition) is 5. The maximum atomic E-state index is 12.1. The second-order valence-corrected chi connectivity index (χ2v) is 10.3. The largest absolute Gasteiger partial charge is 0.424 e. The average molecular weight is 365 g/mol. The lowest BCUT2D eigenvalue weighted by atomic mass is 9.86. The number of nitrogens with one attached hydrogen (secondary N) is 2. The quantitative estimate of drug-likeness (QED) is 0.847. The molecule has 1 aliphatic carbocycles. The van der Waals surface area contributed by atoms with Gasteiger partial charge in [0.25, 0.3) is 6.01 Å². The maximum Gasteiger partial charge on any atom is 0.295 e. The summed E-state index contributed by atoms with van der Waals surface area (Å²) in [5.41, 5.74) is 1.64. The van der Waals surface area contributed by atoms with Crippen LogP contribution >= 0.6 is 0 Å². The van der Waals surface area contributed by atoms with Gasteiger partial charge in [0, 0.05) is 12.6 Å². The number of para-hydroxylation sites is 2. The Morgan fingerprint density at radius 2 is 1.84 bits per heavy atom. The maximum absolute atomic E-state index is 12.1. The molecule has 138 valence electrons. The second kappa shape index (κ2) is 6.96. The summed E-state index contributed by atoms with van der Waals surface area (Å²) in [4.78, 5) is 4.45. The minimum absolute atomic E-state index is 0.323. The topological polar surface area (TPSA) is 84.2 Å². The molecule has 1 heterocycles. The zero-order chi connectivity index (χ0) is 18.1. The van der Waals surface area contributed by atoms with Crippen molar-refractivity contribution in [2.45, 2.75) is 57.2 Å². The van der Waals surface area contributed by atoms with Crippen molar-refractivity contribution in [3.05, 3.63) is 24.3 Å². The Bertz CT molecular complexity index is 782. The Balaban J connectivity index is 1.49. The average Bonchev–Trinajstić information content (AvgIpc) is 2.95. The van der Waals surface area contributed by atoms with Gasteiger partial charge in [-0.3, -0.25) is 0 Å². The van der Waals surface area contributed by atoms with Crippen LogP contribution in [0.4, 0.5) is 6.01 Å². The van der Waals surface area contributed by atoms with Crippen LogP contribution < -0.4 is 10.0 Å². The number of rotatable bonds is 5. The van der Waals surface area contributed by atoms with Crippen molar-refractivity contribution in [2.75, 3.05) is 11.9 Å². The van der Waals surface area contributed by atoms with Gasteiger partial charge in [0.15, 0.2) is 5.58 Å². The van der Waals surface area contributed by atoms with Gasteiger partial charge in [0.2, 0.25) is 10.0 Å². The highest BCUT2D eigenvalue weighted by Gasteiger charge is 2.30. The summed E-state index contributed by atoms with van der Waals surface area (Å²) < 4.78 is 32.0. The van der Waals surface area contributed by atoms with Gasteiger partial charge < -0.3 is 9.73 Å². The molecule has 3 rings (SSSR count). The smallest absolute Gasteiger partial charge is 0.295 e. The van der Waals surface area contributed by atoms with Gasteiger partial charge in [0.05, 0.1) is 4.75 Å². The van der Waals surface area contributed by atoms with E-state index in [-0.39, 0.29) is 0 Å². The van der Waals surface area contributed by atoms with Gasteiger partial charge >= 0.3 is 0 Å². The fraction of sp³-hybridized carbons (Fsp3) is 0.611. The summed E-state index contributed by atoms with van der Waals surface area (Å²) in [6.07, 6.45) is 3.95. The number of aromatic nitrogens is 1. The van der Waals surface area contributed by atoms with Crippen molar-refractivity contribution in [3.63, 3.8) is 0 Å². The molecule has 0 radical (unpaired) electrons. The van der Waals surface area contributed by atoms with Crippen molar-refractivity contribution < 1.29 is 12.8 Å². The minimum atomic E-state index is -3.26. The van der Waals surface area contributed by atoms with Crippen molar-refractivity contribution in [1.82, 2.24) is 9.71 Å². The Morgan fingerprint density at radius 3 is 2.48 bits per heavy atom. The van der Waals surface area contributed by atoms with E-state index in [0.29, 0.717) is 24.5 Å². The van der Waals surface area contributed by atoms with Crippen LogP contribution in [0.15, 0.2) is 28.7 Å². The highest BCUT2D eigenvalue weighted by Crippen LogP contribution is 2.28. The second-order valence-electron chi connectivity index (χ2n) is 7.81. The van der Waals surface area contributed by atoms with Crippen LogP contribution in [-0.4, -0.2) is 30.7 Å². The predicted molar refractivity (Wildman–Crippen MR) is 100 cm³/mol. The lowest BCUT2D eigenvalue weighted by molar-refractivity contribution is 0.333. The van der Waals surface area contributed by atoms with E-state index in [9.17, 15) is 8.42 Å². The number of benzene rings is 1. The Morgan fingerprint density at radius 1 is 1.16 bits per heavy atom. The monoisotopic (exact) mass is 365 g/mol. The van der Waals surface area contributed by atoms with Crippen molar-refractivity contribution in [1.29, 1.82) is 0 Å². The molecule has 0 amide bonds. The Labute approximate surface area is 149 Å². The fourth-order valence-electron chi connectivity index (χ4n) is 3.06. The van der Waals surface area contributed by atoms with Gasteiger partial charge in [0.1, 0.15) is 5.52 Å². The third-order valence-corrected chi connectivity index (χ3v) is 7.00. The van der Waals surface area contributed by atoms with E-state index in [0.717, 1.165) is 36.8 Å². The molecule has 2 N–H and O–H groups in total. The summed E-state index contributed by atoms with van der Waals surface area (Å²) in [6.45, 7) is 5.68. The van der Waals surface area contributed by atoms with E-state index in [1.165, 1.54) is 0 Å². The molecule has 0 atom stereocenters. The van der Waals surface area contributed by atoms with E-state index in [2.05, 4.69) is 15.0 Å². The van der Waals surface area contributed by atoms with Crippen LogP contribution in [0.5, 0.6) is 0 Å². The number of anilines is 1. The minimum Gasteiger partial charge on any atom is -0.424 e. The molecule has 6 nitrogen and oxygen atoms in total. The summed E-state index contributed by atoms with van der Waals surface area (Å²) in [5.74, 6) is 0.388. The number of oxazole rings is 1. The van der Waals surface area contributed by atoms with Gasteiger partial charge in [-0.25, -0.2) is 13.1 Å². The molecular weight excluding hydrogens is 338 g/mol. The first-order valence-corrected chi connectivity index (χ1v) is 10.3. The van der Waals surface area contributed by atoms with E-state index < -0.39 is 14.8 Å². The third kappa shape index (κ3) is 4.33. The zero-order valence-corrected chi connectivity index (χ0v) is 15.9. The van der Waals surface area contributed by atoms with Crippen LogP contribution in [0.3, 0.4) is 0 Å². The summed E-state index contributed by atoms with van der Waals surface area (Å²) in [5, 5.41) is 3.37. The van der Waals surface area contributed by atoms with Crippen molar-refractivity contribution >= 4 is 27.1 Å². The number of sulfonamides is 1. The van der Waals surface area contributed by atoms with Crippen LogP contribution in [-0.2, 0) is 10.0 Å². The van der Waals surface area contributed by atoms with Gasteiger partial charge in [-0.2, -0.15) is 4.98 Å². The van der Waals surface area contributed by atoms with Gasteiger partial charge in [-0.05, 0) is 64.5 Å². The lowest BCUT2D eigenvalue weighted by Crippen LogP contribution is -2.42. The normalized spacial score (nSPS) is 22.2. The fourth-order valence-corrected chi connectivity index (χ4v) is 3.95. The highest BCUT2D eigenvalue weighted by atomic mass is 32.2. The lowest BCUT2D eigenvalue weighted by Gasteiger charge is -2.29. The third-order valence-electron chi connectivity index (χ3n) is 4.84. The van der Waals surface area contributed by atoms with Crippen LogP contribution in [0.25, 0.3) is 11.1 Å². The summed E-state index contributed by atoms with van der Waals surface area (Å²) >= 11 is 0. The van der Waals surface area contributed by atoms with E-state index in [1.54, 1.807) is 20.8 Å². The molecular formula is C18H27N3O3S. The molecule has 1 aromatic carbocycles. The number of nitrogens with zero attached hydrogens (tertiary/aromatic N) is 1. The molecule has 1 aromatic heterocycles. The molecule has 0 spiro atoms. The van der Waals surface area contributed by atoms with Gasteiger partial charge in [-0.15, -0.1) is 0 Å². The molecule has 2 aromatic rings. The molecule has 1 aliphatic rings. The SMILES string of the molecule is CC(C)(C)S(=O)(=O)NC[C@H]1CC[C@H](Nc2nc3ccccc3o2)CC1. The molecule has 0 aliphatic heterocycles. The zero-order valence-electron chi connectivity index (χ0n) is 15.1. The molecule has 0 saturated heterocycles. The number of hydrogen-bond donors (Lipinski definition) is 2.